The number of nitrogens with zero attached hydrogens (tertiary/aromatic N) is 1. The molecule has 0 unspecified atom stereocenters. The van der Waals surface area contributed by atoms with Gasteiger partial charge >= 0.3 is 0 Å². The lowest BCUT2D eigenvalue weighted by atomic mass is 9.70. The van der Waals surface area contributed by atoms with Crippen molar-refractivity contribution < 1.29 is 4.42 Å². The van der Waals surface area contributed by atoms with E-state index in [9.17, 15) is 0 Å². The van der Waals surface area contributed by atoms with Gasteiger partial charge in [-0.3, -0.25) is 0 Å². The van der Waals surface area contributed by atoms with Gasteiger partial charge in [-0.05, 0) is 97.7 Å². The SMILES string of the molecule is c1ccc2c(c1)-c1ccccc1C21c2ccccc2-c2cc3c(cc21)oc1ccc(-n2c4ccccc4c4c5ccccc5ccc42)cc13. The highest BCUT2D eigenvalue weighted by Gasteiger charge is 2.51. The molecular weight excluding hydrogens is 595 g/mol. The molecule has 0 saturated carbocycles. The van der Waals surface area contributed by atoms with E-state index < -0.39 is 0 Å². The molecule has 49 heavy (non-hydrogen) atoms. The average Bonchev–Trinajstić information content (AvgIpc) is 3.87. The molecule has 0 amide bonds. The minimum absolute atomic E-state index is 0.386. The maximum Gasteiger partial charge on any atom is 0.135 e. The summed E-state index contributed by atoms with van der Waals surface area (Å²) in [6, 6.07) is 60.3. The molecule has 2 aromatic heterocycles. The standard InChI is InChI=1S/C47H27NO/c1-2-12-30-28(11-1)21-23-43-46(30)34-16-6-10-20-42(34)48(43)29-22-24-44-36(25-29)37-26-35-33-15-5-9-19-40(33)47(41(35)27-45(37)49-44)38-17-7-3-13-31(38)32-14-4-8-18-39(32)47/h1-27H. The van der Waals surface area contributed by atoms with Crippen LogP contribution in [0.5, 0.6) is 0 Å². The molecule has 0 N–H and O–H groups in total. The Morgan fingerprint density at radius 1 is 0.388 bits per heavy atom. The van der Waals surface area contributed by atoms with Crippen molar-refractivity contribution in [1.29, 1.82) is 0 Å². The fraction of sp³-hybridized carbons (Fsp3) is 0.0213. The van der Waals surface area contributed by atoms with Crippen molar-refractivity contribution in [3.63, 3.8) is 0 Å². The molecule has 2 aliphatic rings. The van der Waals surface area contributed by atoms with Gasteiger partial charge in [0, 0.05) is 27.2 Å². The molecular formula is C47H27NO. The van der Waals surface area contributed by atoms with E-state index in [1.807, 2.05) is 0 Å². The summed E-state index contributed by atoms with van der Waals surface area (Å²) in [5.41, 5.74) is 15.5. The number of benzene rings is 8. The molecule has 226 valence electrons. The molecule has 10 aromatic rings. The lowest BCUT2D eigenvalue weighted by Gasteiger charge is -2.30. The van der Waals surface area contributed by atoms with Crippen LogP contribution in [0.15, 0.2) is 168 Å². The zero-order valence-electron chi connectivity index (χ0n) is 26.4. The molecule has 0 fully saturated rings. The third-order valence-corrected chi connectivity index (χ3v) is 11.4. The molecule has 2 aliphatic carbocycles. The van der Waals surface area contributed by atoms with E-state index in [1.54, 1.807) is 0 Å². The summed E-state index contributed by atoms with van der Waals surface area (Å²) in [5.74, 6) is 0. The predicted molar refractivity (Wildman–Crippen MR) is 202 cm³/mol. The van der Waals surface area contributed by atoms with Gasteiger partial charge in [0.15, 0.2) is 0 Å². The Morgan fingerprint density at radius 2 is 1.00 bits per heavy atom. The number of para-hydroxylation sites is 1. The second-order valence-corrected chi connectivity index (χ2v) is 13.6. The van der Waals surface area contributed by atoms with Gasteiger partial charge in [-0.1, -0.05) is 121 Å². The van der Waals surface area contributed by atoms with Crippen LogP contribution in [0, 0.1) is 0 Å². The minimum Gasteiger partial charge on any atom is -0.456 e. The summed E-state index contributed by atoms with van der Waals surface area (Å²) < 4.78 is 9.17. The Hall–Kier alpha value is -6.38. The first-order valence-electron chi connectivity index (χ1n) is 17.0. The summed E-state index contributed by atoms with van der Waals surface area (Å²) >= 11 is 0. The van der Waals surface area contributed by atoms with E-state index in [4.69, 9.17) is 4.42 Å². The largest absolute Gasteiger partial charge is 0.456 e. The van der Waals surface area contributed by atoms with Crippen LogP contribution in [-0.2, 0) is 5.41 Å². The quantitative estimate of drug-likeness (QED) is 0.178. The van der Waals surface area contributed by atoms with E-state index in [1.165, 1.54) is 77.1 Å². The number of hydrogen-bond acceptors (Lipinski definition) is 1. The van der Waals surface area contributed by atoms with Crippen molar-refractivity contribution in [3.05, 3.63) is 186 Å². The summed E-state index contributed by atoms with van der Waals surface area (Å²) in [4.78, 5) is 0. The van der Waals surface area contributed by atoms with Crippen LogP contribution in [-0.4, -0.2) is 4.57 Å². The molecule has 0 aliphatic heterocycles. The molecule has 0 atom stereocenters. The highest BCUT2D eigenvalue weighted by molar-refractivity contribution is 6.21. The Labute approximate surface area is 282 Å². The van der Waals surface area contributed by atoms with Gasteiger partial charge < -0.3 is 8.98 Å². The number of furan rings is 1. The molecule has 8 aromatic carbocycles. The third kappa shape index (κ3) is 3.04. The van der Waals surface area contributed by atoms with Crippen LogP contribution < -0.4 is 0 Å². The van der Waals surface area contributed by atoms with E-state index in [-0.39, 0.29) is 5.41 Å². The molecule has 1 spiro atoms. The van der Waals surface area contributed by atoms with E-state index in [0.29, 0.717) is 0 Å². The zero-order valence-corrected chi connectivity index (χ0v) is 26.4. The number of rotatable bonds is 1. The van der Waals surface area contributed by atoms with Gasteiger partial charge in [0.1, 0.15) is 11.2 Å². The van der Waals surface area contributed by atoms with Crippen molar-refractivity contribution in [1.82, 2.24) is 4.57 Å². The Balaban J connectivity index is 1.15. The predicted octanol–water partition coefficient (Wildman–Crippen LogP) is 12.2. The Morgan fingerprint density at radius 3 is 1.76 bits per heavy atom. The first kappa shape index (κ1) is 25.7. The van der Waals surface area contributed by atoms with Crippen LogP contribution in [0.2, 0.25) is 0 Å². The molecule has 0 radical (unpaired) electrons. The Kier molecular flexibility index (Phi) is 4.69. The zero-order chi connectivity index (χ0) is 31.8. The topological polar surface area (TPSA) is 18.1 Å². The van der Waals surface area contributed by atoms with E-state index >= 15 is 0 Å². The summed E-state index contributed by atoms with van der Waals surface area (Å²) in [6.07, 6.45) is 0. The second-order valence-electron chi connectivity index (χ2n) is 13.6. The normalized spacial score (nSPS) is 13.9. The van der Waals surface area contributed by atoms with Crippen LogP contribution >= 0.6 is 0 Å². The molecule has 0 saturated heterocycles. The summed E-state index contributed by atoms with van der Waals surface area (Å²) in [6.45, 7) is 0. The molecule has 2 nitrogen and oxygen atoms in total. The second kappa shape index (κ2) is 8.94. The van der Waals surface area contributed by atoms with Crippen LogP contribution in [0.1, 0.15) is 22.3 Å². The highest BCUT2D eigenvalue weighted by Crippen LogP contribution is 2.63. The lowest BCUT2D eigenvalue weighted by Crippen LogP contribution is -2.25. The lowest BCUT2D eigenvalue weighted by molar-refractivity contribution is 0.666. The van der Waals surface area contributed by atoms with Crippen molar-refractivity contribution in [2.24, 2.45) is 0 Å². The van der Waals surface area contributed by atoms with Gasteiger partial charge in [0.05, 0.1) is 16.4 Å². The molecule has 2 heteroatoms. The fourth-order valence-corrected chi connectivity index (χ4v) is 9.51. The van der Waals surface area contributed by atoms with Crippen molar-refractivity contribution in [2.45, 2.75) is 5.41 Å². The molecule has 12 rings (SSSR count). The van der Waals surface area contributed by atoms with Crippen LogP contribution in [0.25, 0.3) is 82.5 Å². The van der Waals surface area contributed by atoms with Gasteiger partial charge in [-0.25, -0.2) is 0 Å². The van der Waals surface area contributed by atoms with Gasteiger partial charge in [0.25, 0.3) is 0 Å². The highest BCUT2D eigenvalue weighted by atomic mass is 16.3. The van der Waals surface area contributed by atoms with Crippen molar-refractivity contribution in [2.75, 3.05) is 0 Å². The monoisotopic (exact) mass is 621 g/mol. The Bertz CT molecular complexity index is 3020. The van der Waals surface area contributed by atoms with Crippen LogP contribution in [0.3, 0.4) is 0 Å². The maximum atomic E-state index is 6.75. The summed E-state index contributed by atoms with van der Waals surface area (Å²) in [5, 5.41) is 7.38. The van der Waals surface area contributed by atoms with Crippen LogP contribution in [0.4, 0.5) is 0 Å². The number of fused-ring (bicyclic) bond motifs is 18. The van der Waals surface area contributed by atoms with Crippen molar-refractivity contribution >= 4 is 54.5 Å². The molecule has 0 bridgehead atoms. The summed E-state index contributed by atoms with van der Waals surface area (Å²) in [7, 11) is 0. The minimum atomic E-state index is -0.386. The number of hydrogen-bond donors (Lipinski definition) is 0. The van der Waals surface area contributed by atoms with Gasteiger partial charge in [-0.15, -0.1) is 0 Å². The van der Waals surface area contributed by atoms with Crippen molar-refractivity contribution in [3.8, 4) is 27.9 Å². The average molecular weight is 622 g/mol. The first-order valence-corrected chi connectivity index (χ1v) is 17.0. The van der Waals surface area contributed by atoms with E-state index in [0.717, 1.165) is 27.6 Å². The molecule has 2 heterocycles. The number of aromatic nitrogens is 1. The first-order chi connectivity index (χ1) is 24.3. The van der Waals surface area contributed by atoms with Gasteiger partial charge in [0.2, 0.25) is 0 Å². The fourth-order valence-electron chi connectivity index (χ4n) is 9.51. The smallest absolute Gasteiger partial charge is 0.135 e. The van der Waals surface area contributed by atoms with E-state index in [2.05, 4.69) is 168 Å². The maximum absolute atomic E-state index is 6.75. The van der Waals surface area contributed by atoms with Gasteiger partial charge in [-0.2, -0.15) is 0 Å². The third-order valence-electron chi connectivity index (χ3n) is 11.4.